The standard InChI is InChI=1S/C23H26F4N2O3S/c1-5-6-17-12-19(23(25,26)27)9-7-18(17)11-14(2)22(30)28-15(3)16-8-10-21(20(24)13-16)29-33(4,31)32/h7-13,15,29H,5-6H2,1-4H3,(H,28,30)/t15-/m1/s1. The van der Waals surface area contributed by atoms with Crippen LogP contribution in [-0.4, -0.2) is 20.6 Å². The molecule has 10 heteroatoms. The molecular weight excluding hydrogens is 460 g/mol. The quantitative estimate of drug-likeness (QED) is 0.385. The minimum Gasteiger partial charge on any atom is -0.346 e. The van der Waals surface area contributed by atoms with E-state index in [0.29, 0.717) is 29.5 Å². The fraction of sp³-hybridized carbons (Fsp3) is 0.348. The van der Waals surface area contributed by atoms with Gasteiger partial charge in [-0.3, -0.25) is 9.52 Å². The zero-order chi connectivity index (χ0) is 25.0. The van der Waals surface area contributed by atoms with E-state index in [2.05, 4.69) is 10.0 Å². The van der Waals surface area contributed by atoms with Crippen LogP contribution < -0.4 is 10.0 Å². The number of nitrogens with one attached hydrogen (secondary N) is 2. The summed E-state index contributed by atoms with van der Waals surface area (Å²) >= 11 is 0. The third kappa shape index (κ3) is 7.59. The number of alkyl halides is 3. The lowest BCUT2D eigenvalue weighted by molar-refractivity contribution is -0.137. The number of carbonyl (C=O) groups excluding carboxylic acids is 1. The maximum atomic E-state index is 14.2. The van der Waals surface area contributed by atoms with E-state index in [1.54, 1.807) is 6.92 Å². The molecule has 0 saturated carbocycles. The fourth-order valence-electron chi connectivity index (χ4n) is 3.18. The molecule has 5 nitrogen and oxygen atoms in total. The molecule has 1 amide bonds. The Morgan fingerprint density at radius 2 is 1.82 bits per heavy atom. The van der Waals surface area contributed by atoms with Gasteiger partial charge < -0.3 is 5.32 Å². The van der Waals surface area contributed by atoms with E-state index in [1.165, 1.54) is 31.2 Å². The number of halogens is 4. The zero-order valence-electron chi connectivity index (χ0n) is 18.7. The summed E-state index contributed by atoms with van der Waals surface area (Å²) in [6, 6.07) is 6.67. The van der Waals surface area contributed by atoms with Gasteiger partial charge in [0.05, 0.1) is 23.5 Å². The van der Waals surface area contributed by atoms with Gasteiger partial charge in [-0.05, 0) is 67.3 Å². The third-order valence-corrected chi connectivity index (χ3v) is 5.45. The molecular formula is C23H26F4N2O3S. The van der Waals surface area contributed by atoms with Crippen molar-refractivity contribution in [2.45, 2.75) is 45.8 Å². The molecule has 0 spiro atoms. The highest BCUT2D eigenvalue weighted by Gasteiger charge is 2.30. The second kappa shape index (κ2) is 10.4. The lowest BCUT2D eigenvalue weighted by Crippen LogP contribution is -2.27. The van der Waals surface area contributed by atoms with E-state index in [-0.39, 0.29) is 11.3 Å². The molecule has 2 N–H and O–H groups in total. The van der Waals surface area contributed by atoms with Crippen LogP contribution in [0.5, 0.6) is 0 Å². The molecule has 0 aliphatic heterocycles. The summed E-state index contributed by atoms with van der Waals surface area (Å²) in [5.74, 6) is -1.26. The van der Waals surface area contributed by atoms with Gasteiger partial charge in [0.15, 0.2) is 0 Å². The average molecular weight is 487 g/mol. The van der Waals surface area contributed by atoms with Gasteiger partial charge in [0.2, 0.25) is 15.9 Å². The van der Waals surface area contributed by atoms with Gasteiger partial charge >= 0.3 is 6.18 Å². The van der Waals surface area contributed by atoms with Crippen LogP contribution in [0.3, 0.4) is 0 Å². The Labute approximate surface area is 190 Å². The van der Waals surface area contributed by atoms with Crippen molar-refractivity contribution < 1.29 is 30.8 Å². The number of hydrogen-bond acceptors (Lipinski definition) is 3. The van der Waals surface area contributed by atoms with Gasteiger partial charge in [-0.1, -0.05) is 25.5 Å². The van der Waals surface area contributed by atoms with Gasteiger partial charge in [-0.2, -0.15) is 13.2 Å². The van der Waals surface area contributed by atoms with Crippen molar-refractivity contribution in [2.75, 3.05) is 11.0 Å². The Balaban J connectivity index is 2.20. The van der Waals surface area contributed by atoms with Crippen molar-refractivity contribution >= 4 is 27.7 Å². The lowest BCUT2D eigenvalue weighted by atomic mass is 9.98. The molecule has 2 aromatic carbocycles. The SMILES string of the molecule is CCCc1cc(C(F)(F)F)ccc1C=C(C)C(=O)N[C@H](C)c1ccc(NS(C)(=O)=O)c(F)c1. The number of aryl methyl sites for hydroxylation is 1. The minimum atomic E-state index is -4.45. The van der Waals surface area contributed by atoms with Crippen LogP contribution in [0.1, 0.15) is 55.5 Å². The van der Waals surface area contributed by atoms with Crippen LogP contribution in [0.2, 0.25) is 0 Å². The molecule has 0 aliphatic carbocycles. The summed E-state index contributed by atoms with van der Waals surface area (Å²) in [6.07, 6.45) is -0.962. The zero-order valence-corrected chi connectivity index (χ0v) is 19.5. The molecule has 2 aromatic rings. The lowest BCUT2D eigenvalue weighted by Gasteiger charge is -2.16. The molecule has 180 valence electrons. The van der Waals surface area contributed by atoms with Gasteiger partial charge in [-0.25, -0.2) is 12.8 Å². The topological polar surface area (TPSA) is 75.3 Å². The summed E-state index contributed by atoms with van der Waals surface area (Å²) in [6.45, 7) is 5.02. The van der Waals surface area contributed by atoms with Gasteiger partial charge in [0.1, 0.15) is 5.82 Å². The molecule has 0 bridgehead atoms. The molecule has 0 aliphatic rings. The van der Waals surface area contributed by atoms with E-state index in [0.717, 1.165) is 24.5 Å². The van der Waals surface area contributed by atoms with Crippen LogP contribution in [-0.2, 0) is 27.4 Å². The van der Waals surface area contributed by atoms with Gasteiger partial charge in [0.25, 0.3) is 0 Å². The van der Waals surface area contributed by atoms with E-state index in [1.807, 2.05) is 6.92 Å². The summed E-state index contributed by atoms with van der Waals surface area (Å²) in [7, 11) is -3.64. The van der Waals surface area contributed by atoms with Crippen molar-refractivity contribution in [1.29, 1.82) is 0 Å². The number of amides is 1. The summed E-state index contributed by atoms with van der Waals surface area (Å²) in [4.78, 5) is 12.6. The molecule has 0 aromatic heterocycles. The minimum absolute atomic E-state index is 0.207. The Morgan fingerprint density at radius 1 is 1.15 bits per heavy atom. The monoisotopic (exact) mass is 486 g/mol. The highest BCUT2D eigenvalue weighted by molar-refractivity contribution is 7.92. The molecule has 2 rings (SSSR count). The fourth-order valence-corrected chi connectivity index (χ4v) is 3.75. The predicted molar refractivity (Wildman–Crippen MR) is 121 cm³/mol. The van der Waals surface area contributed by atoms with Crippen molar-refractivity contribution in [3.8, 4) is 0 Å². The van der Waals surface area contributed by atoms with Crippen molar-refractivity contribution in [1.82, 2.24) is 5.32 Å². The maximum absolute atomic E-state index is 14.2. The largest absolute Gasteiger partial charge is 0.416 e. The highest BCUT2D eigenvalue weighted by atomic mass is 32.2. The molecule has 0 saturated heterocycles. The summed E-state index contributed by atoms with van der Waals surface area (Å²) < 4.78 is 77.9. The molecule has 0 fully saturated rings. The Bertz CT molecular complexity index is 1160. The average Bonchev–Trinajstić information content (AvgIpc) is 2.69. The van der Waals surface area contributed by atoms with Crippen LogP contribution in [0, 0.1) is 5.82 Å². The van der Waals surface area contributed by atoms with E-state index in [9.17, 15) is 30.8 Å². The van der Waals surface area contributed by atoms with Crippen molar-refractivity contribution in [3.63, 3.8) is 0 Å². The van der Waals surface area contributed by atoms with E-state index in [4.69, 9.17) is 0 Å². The Morgan fingerprint density at radius 3 is 2.36 bits per heavy atom. The number of hydrogen-bond donors (Lipinski definition) is 2. The first-order valence-corrected chi connectivity index (χ1v) is 12.1. The first-order valence-electron chi connectivity index (χ1n) is 10.2. The second-order valence-corrected chi connectivity index (χ2v) is 9.55. The normalized spacial score (nSPS) is 13.5. The molecule has 1 atom stereocenters. The second-order valence-electron chi connectivity index (χ2n) is 7.80. The van der Waals surface area contributed by atoms with Crippen molar-refractivity contribution in [2.24, 2.45) is 0 Å². The van der Waals surface area contributed by atoms with Crippen LogP contribution in [0.25, 0.3) is 6.08 Å². The number of rotatable bonds is 8. The summed E-state index contributed by atoms with van der Waals surface area (Å²) in [5.41, 5.74) is 0.746. The maximum Gasteiger partial charge on any atom is 0.416 e. The molecule has 0 radical (unpaired) electrons. The molecule has 0 unspecified atom stereocenters. The smallest absolute Gasteiger partial charge is 0.346 e. The summed E-state index contributed by atoms with van der Waals surface area (Å²) in [5, 5.41) is 2.71. The third-order valence-electron chi connectivity index (χ3n) is 4.86. The number of carbonyl (C=O) groups is 1. The highest BCUT2D eigenvalue weighted by Crippen LogP contribution is 2.31. The first-order chi connectivity index (χ1) is 15.2. The van der Waals surface area contributed by atoms with Gasteiger partial charge in [0, 0.05) is 5.57 Å². The Hall–Kier alpha value is -2.88. The molecule has 33 heavy (non-hydrogen) atoms. The first kappa shape index (κ1) is 26.4. The molecule has 0 heterocycles. The number of benzene rings is 2. The van der Waals surface area contributed by atoms with E-state index >= 15 is 0 Å². The number of anilines is 1. The predicted octanol–water partition coefficient (Wildman–Crippen LogP) is 5.45. The van der Waals surface area contributed by atoms with Gasteiger partial charge in [-0.15, -0.1) is 0 Å². The Kier molecular flexibility index (Phi) is 8.29. The van der Waals surface area contributed by atoms with Crippen LogP contribution in [0.15, 0.2) is 42.0 Å². The van der Waals surface area contributed by atoms with Crippen molar-refractivity contribution in [3.05, 3.63) is 70.0 Å². The van der Waals surface area contributed by atoms with Crippen LogP contribution in [0.4, 0.5) is 23.2 Å². The van der Waals surface area contributed by atoms with Crippen LogP contribution >= 0.6 is 0 Å². The number of sulfonamides is 1. The van der Waals surface area contributed by atoms with E-state index < -0.39 is 39.5 Å².